The fourth-order valence-electron chi connectivity index (χ4n) is 3.85. The maximum atomic E-state index is 15.3. The molecule has 36 heavy (non-hydrogen) atoms. The zero-order chi connectivity index (χ0) is 25.4. The number of fused-ring (bicyclic) bond motifs is 2. The number of hydrogen-bond donors (Lipinski definition) is 4. The Morgan fingerprint density at radius 1 is 1.14 bits per heavy atom. The van der Waals surface area contributed by atoms with Crippen LogP contribution in [0.5, 0.6) is 0 Å². The number of nitrogens with one attached hydrogen (secondary N) is 4. The van der Waals surface area contributed by atoms with Gasteiger partial charge in [-0.05, 0) is 36.8 Å². The maximum Gasteiger partial charge on any atom is 0.232 e. The van der Waals surface area contributed by atoms with Crippen LogP contribution in [0.4, 0.5) is 26.0 Å². The van der Waals surface area contributed by atoms with Gasteiger partial charge in [0.15, 0.2) is 5.82 Å². The van der Waals surface area contributed by atoms with Crippen molar-refractivity contribution in [1.29, 1.82) is 0 Å². The van der Waals surface area contributed by atoms with E-state index in [9.17, 15) is 17.6 Å². The number of halogens is 2. The van der Waals surface area contributed by atoms with E-state index in [1.165, 1.54) is 12.5 Å². The second-order valence-corrected chi connectivity index (χ2v) is 9.82. The molecule has 0 saturated carbocycles. The van der Waals surface area contributed by atoms with Gasteiger partial charge >= 0.3 is 0 Å². The Labute approximate surface area is 203 Å². The van der Waals surface area contributed by atoms with Gasteiger partial charge in [0.05, 0.1) is 39.7 Å². The second kappa shape index (κ2) is 9.00. The van der Waals surface area contributed by atoms with Crippen LogP contribution in [0.15, 0.2) is 49.1 Å². The Hall–Kier alpha value is -4.39. The molecule has 0 unspecified atom stereocenters. The Morgan fingerprint density at radius 2 is 1.97 bits per heavy atom. The molecule has 0 fully saturated rings. The van der Waals surface area contributed by atoms with Crippen LogP contribution in [-0.2, 0) is 10.0 Å². The number of aromatic amines is 2. The summed E-state index contributed by atoms with van der Waals surface area (Å²) in [5.41, 5.74) is 0.135. The number of rotatable bonds is 8. The minimum Gasteiger partial charge on any atom is -0.345 e. The summed E-state index contributed by atoms with van der Waals surface area (Å²) < 4.78 is 56.3. The molecule has 0 radical (unpaired) electrons. The molecule has 13 heteroatoms. The van der Waals surface area contributed by atoms with E-state index in [4.69, 9.17) is 0 Å². The first-order valence-electron chi connectivity index (χ1n) is 10.8. The van der Waals surface area contributed by atoms with E-state index in [0.29, 0.717) is 12.1 Å². The number of sulfonamides is 1. The molecule has 0 amide bonds. The molecule has 0 saturated heterocycles. The van der Waals surface area contributed by atoms with Gasteiger partial charge in [-0.3, -0.25) is 14.6 Å². The molecule has 0 aliphatic carbocycles. The van der Waals surface area contributed by atoms with Gasteiger partial charge in [-0.2, -0.15) is 5.10 Å². The van der Waals surface area contributed by atoms with E-state index in [1.54, 1.807) is 25.3 Å². The third kappa shape index (κ3) is 4.24. The van der Waals surface area contributed by atoms with Crippen molar-refractivity contribution >= 4 is 54.9 Å². The van der Waals surface area contributed by atoms with Gasteiger partial charge in [0.1, 0.15) is 23.6 Å². The topological polar surface area (TPSA) is 146 Å². The first-order valence-corrected chi connectivity index (χ1v) is 12.5. The lowest BCUT2D eigenvalue weighted by Gasteiger charge is -2.12. The number of H-pyrrole nitrogens is 2. The lowest BCUT2D eigenvalue weighted by molar-refractivity contribution is 0.103. The molecule has 10 nitrogen and oxygen atoms in total. The van der Waals surface area contributed by atoms with Crippen molar-refractivity contribution in [2.24, 2.45) is 0 Å². The SMILES string of the molecule is CCCS(=O)(=O)Nc1ccc(F)c(C(=O)c2c[nH]c3ncnc(Nc4ccc5cn[nH]c5c4)c23)c1F. The number of anilines is 3. The summed E-state index contributed by atoms with van der Waals surface area (Å²) in [6.07, 6.45) is 4.51. The van der Waals surface area contributed by atoms with Crippen LogP contribution in [0.3, 0.4) is 0 Å². The molecule has 4 N–H and O–H groups in total. The van der Waals surface area contributed by atoms with E-state index < -0.39 is 38.7 Å². The highest BCUT2D eigenvalue weighted by molar-refractivity contribution is 7.92. The smallest absolute Gasteiger partial charge is 0.232 e. The third-order valence-corrected chi connectivity index (χ3v) is 6.95. The average molecular weight is 512 g/mol. The quantitative estimate of drug-likeness (QED) is 0.228. The zero-order valence-electron chi connectivity index (χ0n) is 18.8. The molecule has 5 rings (SSSR count). The van der Waals surface area contributed by atoms with Gasteiger partial charge in [0.2, 0.25) is 15.8 Å². The van der Waals surface area contributed by atoms with Crippen molar-refractivity contribution in [2.45, 2.75) is 13.3 Å². The van der Waals surface area contributed by atoms with Gasteiger partial charge in [-0.1, -0.05) is 6.92 Å². The van der Waals surface area contributed by atoms with Gasteiger partial charge in [-0.25, -0.2) is 27.2 Å². The number of hydrogen-bond acceptors (Lipinski definition) is 7. The molecule has 0 aliphatic rings. The average Bonchev–Trinajstić information content (AvgIpc) is 3.48. The largest absolute Gasteiger partial charge is 0.345 e. The summed E-state index contributed by atoms with van der Waals surface area (Å²) in [6.45, 7) is 1.65. The fraction of sp³-hybridized carbons (Fsp3) is 0.130. The standard InChI is InChI=1S/C23H19F2N7O3S/c1-2-7-36(34,35)32-16-6-5-15(24)19(20(16)25)21(33)14-10-26-22-18(14)23(28-11-27-22)30-13-4-3-12-9-29-31-17(12)8-13/h3-6,8-11,32H,2,7H2,1H3,(H,29,31)(H2,26,27,28,30). The Balaban J connectivity index is 1.56. The molecule has 0 spiro atoms. The summed E-state index contributed by atoms with van der Waals surface area (Å²) in [6, 6.07) is 7.18. The van der Waals surface area contributed by atoms with Crippen LogP contribution in [-0.4, -0.2) is 45.1 Å². The Morgan fingerprint density at radius 3 is 2.78 bits per heavy atom. The molecule has 3 aromatic heterocycles. The Bertz CT molecular complexity index is 1730. The molecule has 5 aromatic rings. The monoisotopic (exact) mass is 511 g/mol. The van der Waals surface area contributed by atoms with Crippen LogP contribution in [0.1, 0.15) is 29.3 Å². The second-order valence-electron chi connectivity index (χ2n) is 7.98. The third-order valence-electron chi connectivity index (χ3n) is 5.48. The van der Waals surface area contributed by atoms with E-state index in [0.717, 1.165) is 23.0 Å². The molecule has 184 valence electrons. The first kappa shape index (κ1) is 23.4. The highest BCUT2D eigenvalue weighted by Crippen LogP contribution is 2.31. The van der Waals surface area contributed by atoms with Crippen LogP contribution in [0, 0.1) is 11.6 Å². The van der Waals surface area contributed by atoms with Gasteiger partial charge in [0, 0.05) is 17.3 Å². The lowest BCUT2D eigenvalue weighted by atomic mass is 10.0. The molecular formula is C23H19F2N7O3S. The predicted octanol–water partition coefficient (Wildman–Crippen LogP) is 4.24. The summed E-state index contributed by atoms with van der Waals surface area (Å²) >= 11 is 0. The van der Waals surface area contributed by atoms with Gasteiger partial charge in [-0.15, -0.1) is 0 Å². The molecule has 0 aliphatic heterocycles. The van der Waals surface area contributed by atoms with Crippen LogP contribution < -0.4 is 10.0 Å². The summed E-state index contributed by atoms with van der Waals surface area (Å²) in [5.74, 6) is -3.49. The van der Waals surface area contributed by atoms with Gasteiger partial charge in [0.25, 0.3) is 0 Å². The van der Waals surface area contributed by atoms with Crippen LogP contribution >= 0.6 is 0 Å². The highest BCUT2D eigenvalue weighted by atomic mass is 32.2. The molecular weight excluding hydrogens is 492 g/mol. The van der Waals surface area contributed by atoms with Crippen molar-refractivity contribution in [3.05, 3.63) is 71.8 Å². The summed E-state index contributed by atoms with van der Waals surface area (Å²) in [7, 11) is -3.87. The fourth-order valence-corrected chi connectivity index (χ4v) is 4.98. The zero-order valence-corrected chi connectivity index (χ0v) is 19.6. The van der Waals surface area contributed by atoms with Gasteiger partial charge < -0.3 is 10.3 Å². The molecule has 2 aromatic carbocycles. The number of ketones is 1. The number of carbonyl (C=O) groups excluding carboxylic acids is 1. The highest BCUT2D eigenvalue weighted by Gasteiger charge is 2.27. The number of aromatic nitrogens is 5. The molecule has 0 atom stereocenters. The van der Waals surface area contributed by atoms with Crippen LogP contribution in [0.2, 0.25) is 0 Å². The number of nitrogens with zero attached hydrogens (tertiary/aromatic N) is 3. The first-order chi connectivity index (χ1) is 17.3. The van der Waals surface area contributed by atoms with Crippen molar-refractivity contribution in [3.63, 3.8) is 0 Å². The lowest BCUT2D eigenvalue weighted by Crippen LogP contribution is -2.18. The van der Waals surface area contributed by atoms with E-state index in [2.05, 4.69) is 35.2 Å². The molecule has 0 bridgehead atoms. The van der Waals surface area contributed by atoms with Crippen molar-refractivity contribution in [3.8, 4) is 0 Å². The van der Waals surface area contributed by atoms with Crippen molar-refractivity contribution in [2.75, 3.05) is 15.8 Å². The van der Waals surface area contributed by atoms with Crippen molar-refractivity contribution in [1.82, 2.24) is 25.1 Å². The number of benzene rings is 2. The van der Waals surface area contributed by atoms with E-state index in [-0.39, 0.29) is 28.2 Å². The van der Waals surface area contributed by atoms with E-state index in [1.807, 2.05) is 6.07 Å². The normalized spacial score (nSPS) is 11.8. The minimum absolute atomic E-state index is 0.0953. The maximum absolute atomic E-state index is 15.3. The minimum atomic E-state index is -3.87. The van der Waals surface area contributed by atoms with E-state index >= 15 is 4.39 Å². The summed E-state index contributed by atoms with van der Waals surface area (Å²) in [4.78, 5) is 24.5. The number of carbonyl (C=O) groups is 1. The molecule has 3 heterocycles. The predicted molar refractivity (Wildman–Crippen MR) is 131 cm³/mol. The van der Waals surface area contributed by atoms with Crippen LogP contribution in [0.25, 0.3) is 21.9 Å². The summed E-state index contributed by atoms with van der Waals surface area (Å²) in [5, 5.41) is 11.0. The Kier molecular flexibility index (Phi) is 5.84. The van der Waals surface area contributed by atoms with Crippen molar-refractivity contribution < 1.29 is 22.0 Å².